The quantitative estimate of drug-likeness (QED) is 0.646. The van der Waals surface area contributed by atoms with Gasteiger partial charge in [0.05, 0.1) is 0 Å². The van der Waals surface area contributed by atoms with E-state index in [2.05, 4.69) is 57.2 Å². The Labute approximate surface area is 81.3 Å². The van der Waals surface area contributed by atoms with Crippen LogP contribution in [0.4, 0.5) is 0 Å². The molecule has 0 heterocycles. The Morgan fingerprint density at radius 2 is 1.92 bits per heavy atom. The van der Waals surface area contributed by atoms with E-state index >= 15 is 0 Å². The molecule has 0 fully saturated rings. The molecule has 13 heavy (non-hydrogen) atoms. The SMILES string of the molecule is CCC(C)C=C(C)c1ccccc1. The number of hydrogen-bond acceptors (Lipinski definition) is 0. The van der Waals surface area contributed by atoms with Crippen molar-refractivity contribution in [2.45, 2.75) is 27.2 Å². The molecule has 0 heteroatoms. The van der Waals surface area contributed by atoms with Crippen molar-refractivity contribution in [3.63, 3.8) is 0 Å². The average molecular weight is 174 g/mol. The van der Waals surface area contributed by atoms with Crippen LogP contribution in [0.25, 0.3) is 5.57 Å². The van der Waals surface area contributed by atoms with Crippen LogP contribution in [-0.2, 0) is 0 Å². The Morgan fingerprint density at radius 3 is 2.46 bits per heavy atom. The van der Waals surface area contributed by atoms with Gasteiger partial charge in [-0.05, 0) is 24.0 Å². The van der Waals surface area contributed by atoms with Gasteiger partial charge in [0, 0.05) is 0 Å². The zero-order valence-electron chi connectivity index (χ0n) is 8.75. The number of benzene rings is 1. The van der Waals surface area contributed by atoms with Gasteiger partial charge in [0.1, 0.15) is 0 Å². The van der Waals surface area contributed by atoms with Crippen LogP contribution in [0.5, 0.6) is 0 Å². The van der Waals surface area contributed by atoms with Gasteiger partial charge in [-0.2, -0.15) is 0 Å². The fourth-order valence-electron chi connectivity index (χ4n) is 1.34. The summed E-state index contributed by atoms with van der Waals surface area (Å²) in [5, 5.41) is 0. The molecule has 1 aromatic rings. The third-order valence-electron chi connectivity index (χ3n) is 2.41. The summed E-state index contributed by atoms with van der Waals surface area (Å²) >= 11 is 0. The molecule has 1 rings (SSSR count). The van der Waals surface area contributed by atoms with Crippen LogP contribution in [0.2, 0.25) is 0 Å². The largest absolute Gasteiger partial charge is 0.0782 e. The lowest BCUT2D eigenvalue weighted by Gasteiger charge is -2.05. The maximum atomic E-state index is 2.34. The predicted octanol–water partition coefficient (Wildman–Crippen LogP) is 4.14. The molecule has 1 aromatic carbocycles. The summed E-state index contributed by atoms with van der Waals surface area (Å²) in [6.45, 7) is 6.66. The number of rotatable bonds is 3. The van der Waals surface area contributed by atoms with Crippen molar-refractivity contribution in [2.24, 2.45) is 5.92 Å². The molecule has 0 radical (unpaired) electrons. The summed E-state index contributed by atoms with van der Waals surface area (Å²) < 4.78 is 0. The molecule has 0 aliphatic carbocycles. The summed E-state index contributed by atoms with van der Waals surface area (Å²) in [6.07, 6.45) is 3.56. The van der Waals surface area contributed by atoms with Crippen LogP contribution in [0, 0.1) is 5.92 Å². The first-order valence-corrected chi connectivity index (χ1v) is 4.98. The second-order valence-electron chi connectivity index (χ2n) is 3.60. The lowest BCUT2D eigenvalue weighted by molar-refractivity contribution is 0.699. The van der Waals surface area contributed by atoms with Gasteiger partial charge in [0.25, 0.3) is 0 Å². The van der Waals surface area contributed by atoms with E-state index in [0.29, 0.717) is 5.92 Å². The summed E-state index contributed by atoms with van der Waals surface area (Å²) in [7, 11) is 0. The molecule has 0 nitrogen and oxygen atoms in total. The Balaban J connectivity index is 2.79. The fourth-order valence-corrected chi connectivity index (χ4v) is 1.34. The van der Waals surface area contributed by atoms with Crippen molar-refractivity contribution >= 4 is 5.57 Å². The third kappa shape index (κ3) is 3.06. The van der Waals surface area contributed by atoms with Crippen LogP contribution < -0.4 is 0 Å². The van der Waals surface area contributed by atoms with Crippen molar-refractivity contribution < 1.29 is 0 Å². The molecular formula is C13H18. The van der Waals surface area contributed by atoms with Crippen molar-refractivity contribution in [2.75, 3.05) is 0 Å². The van der Waals surface area contributed by atoms with Crippen LogP contribution in [0.15, 0.2) is 36.4 Å². The molecule has 0 aromatic heterocycles. The molecule has 0 N–H and O–H groups in total. The number of hydrogen-bond donors (Lipinski definition) is 0. The van der Waals surface area contributed by atoms with Gasteiger partial charge in [-0.3, -0.25) is 0 Å². The minimum absolute atomic E-state index is 0.681. The summed E-state index contributed by atoms with van der Waals surface area (Å²) in [5.41, 5.74) is 2.72. The molecule has 0 saturated carbocycles. The standard InChI is InChI=1S/C13H18/c1-4-11(2)10-12(3)13-8-6-5-7-9-13/h5-11H,4H2,1-3H3. The van der Waals surface area contributed by atoms with Gasteiger partial charge in [0.15, 0.2) is 0 Å². The Kier molecular flexibility index (Phi) is 3.75. The topological polar surface area (TPSA) is 0 Å². The fraction of sp³-hybridized carbons (Fsp3) is 0.385. The highest BCUT2D eigenvalue weighted by Crippen LogP contribution is 2.16. The second kappa shape index (κ2) is 4.86. The van der Waals surface area contributed by atoms with Crippen molar-refractivity contribution in [3.8, 4) is 0 Å². The molecule has 1 unspecified atom stereocenters. The molecule has 1 atom stereocenters. The smallest absolute Gasteiger partial charge is 0.0230 e. The Morgan fingerprint density at radius 1 is 1.31 bits per heavy atom. The summed E-state index contributed by atoms with van der Waals surface area (Å²) in [5.74, 6) is 0.681. The highest BCUT2D eigenvalue weighted by Gasteiger charge is 1.97. The Hall–Kier alpha value is -1.04. The molecule has 0 amide bonds. The van der Waals surface area contributed by atoms with Gasteiger partial charge < -0.3 is 0 Å². The first kappa shape index (κ1) is 10.0. The van der Waals surface area contributed by atoms with Gasteiger partial charge in [-0.1, -0.05) is 56.7 Å². The third-order valence-corrected chi connectivity index (χ3v) is 2.41. The van der Waals surface area contributed by atoms with Gasteiger partial charge in [0.2, 0.25) is 0 Å². The minimum atomic E-state index is 0.681. The summed E-state index contributed by atoms with van der Waals surface area (Å²) in [4.78, 5) is 0. The first-order valence-electron chi connectivity index (χ1n) is 4.98. The Bertz CT molecular complexity index is 269. The van der Waals surface area contributed by atoms with E-state index in [9.17, 15) is 0 Å². The molecular weight excluding hydrogens is 156 g/mol. The lowest BCUT2D eigenvalue weighted by Crippen LogP contribution is -1.87. The summed E-state index contributed by atoms with van der Waals surface area (Å²) in [6, 6.07) is 10.6. The normalized spacial score (nSPS) is 14.2. The number of allylic oxidation sites excluding steroid dienone is 2. The zero-order valence-corrected chi connectivity index (χ0v) is 8.75. The van der Waals surface area contributed by atoms with Crippen LogP contribution in [-0.4, -0.2) is 0 Å². The molecule has 70 valence electrons. The minimum Gasteiger partial charge on any atom is -0.0782 e. The van der Waals surface area contributed by atoms with Crippen LogP contribution in [0.1, 0.15) is 32.8 Å². The molecule has 0 aliphatic heterocycles. The van der Waals surface area contributed by atoms with E-state index in [1.54, 1.807) is 0 Å². The van der Waals surface area contributed by atoms with Crippen LogP contribution in [0.3, 0.4) is 0 Å². The van der Waals surface area contributed by atoms with E-state index in [0.717, 1.165) is 0 Å². The monoisotopic (exact) mass is 174 g/mol. The van der Waals surface area contributed by atoms with Gasteiger partial charge in [-0.15, -0.1) is 0 Å². The van der Waals surface area contributed by atoms with Gasteiger partial charge in [-0.25, -0.2) is 0 Å². The maximum Gasteiger partial charge on any atom is -0.0230 e. The second-order valence-corrected chi connectivity index (χ2v) is 3.60. The van der Waals surface area contributed by atoms with Gasteiger partial charge >= 0.3 is 0 Å². The van der Waals surface area contributed by atoms with E-state index in [1.165, 1.54) is 17.6 Å². The predicted molar refractivity (Wildman–Crippen MR) is 59.5 cm³/mol. The maximum absolute atomic E-state index is 2.34. The van der Waals surface area contributed by atoms with E-state index < -0.39 is 0 Å². The van der Waals surface area contributed by atoms with Crippen molar-refractivity contribution in [1.82, 2.24) is 0 Å². The highest BCUT2D eigenvalue weighted by atomic mass is 14.0. The molecule has 0 aliphatic rings. The van der Waals surface area contributed by atoms with E-state index in [4.69, 9.17) is 0 Å². The van der Waals surface area contributed by atoms with Crippen molar-refractivity contribution in [3.05, 3.63) is 42.0 Å². The van der Waals surface area contributed by atoms with Crippen molar-refractivity contribution in [1.29, 1.82) is 0 Å². The molecule has 0 saturated heterocycles. The lowest BCUT2D eigenvalue weighted by atomic mass is 10.0. The first-order chi connectivity index (χ1) is 6.24. The highest BCUT2D eigenvalue weighted by molar-refractivity contribution is 5.63. The average Bonchev–Trinajstić information content (AvgIpc) is 2.19. The van der Waals surface area contributed by atoms with Crippen LogP contribution >= 0.6 is 0 Å². The van der Waals surface area contributed by atoms with E-state index in [-0.39, 0.29) is 0 Å². The van der Waals surface area contributed by atoms with E-state index in [1.807, 2.05) is 0 Å². The zero-order chi connectivity index (χ0) is 9.68. The molecule has 0 spiro atoms. The molecule has 0 bridgehead atoms.